The van der Waals surface area contributed by atoms with Gasteiger partial charge in [0.1, 0.15) is 10.4 Å². The Kier molecular flexibility index (Phi) is 9.68. The Labute approximate surface area is 201 Å². The monoisotopic (exact) mass is 504 g/mol. The van der Waals surface area contributed by atoms with E-state index in [1.165, 1.54) is 23.5 Å². The molecule has 1 fully saturated rings. The van der Waals surface area contributed by atoms with Gasteiger partial charge in [-0.3, -0.25) is 14.5 Å². The summed E-state index contributed by atoms with van der Waals surface area (Å²) in [6, 6.07) is 5.66. The Hall–Kier alpha value is -1.10. The summed E-state index contributed by atoms with van der Waals surface area (Å²) in [7, 11) is 0. The zero-order valence-corrected chi connectivity index (χ0v) is 20.3. The lowest BCUT2D eigenvalue weighted by atomic mass is 10.2. The first-order chi connectivity index (χ1) is 14.9. The lowest BCUT2D eigenvalue weighted by Gasteiger charge is -2.33. The number of morpholine rings is 1. The molecule has 1 saturated heterocycles. The van der Waals surface area contributed by atoms with E-state index in [2.05, 4.69) is 20.9 Å². The maximum Gasteiger partial charge on any atom is 0.267 e. The highest BCUT2D eigenvalue weighted by molar-refractivity contribution is 8.18. The molecule has 2 heterocycles. The second-order valence-corrected chi connectivity index (χ2v) is 10.3. The van der Waals surface area contributed by atoms with Crippen LogP contribution in [-0.2, 0) is 20.9 Å². The predicted octanol–water partition coefficient (Wildman–Crippen LogP) is 2.64. The minimum Gasteiger partial charge on any atom is -0.374 e. The predicted molar refractivity (Wildman–Crippen MR) is 128 cm³/mol. The number of rotatable bonds is 9. The van der Waals surface area contributed by atoms with Crippen molar-refractivity contribution in [3.63, 3.8) is 0 Å². The van der Waals surface area contributed by atoms with E-state index in [1.54, 1.807) is 11.5 Å². The Morgan fingerprint density at radius 2 is 2.16 bits per heavy atom. The minimum absolute atomic E-state index is 0.0454. The fraction of sp³-hybridized carbons (Fsp3) is 0.500. The third-order valence-electron chi connectivity index (χ3n) is 4.67. The number of halogens is 2. The van der Waals surface area contributed by atoms with Gasteiger partial charge in [0, 0.05) is 38.1 Å². The maximum absolute atomic E-state index is 12.2. The van der Waals surface area contributed by atoms with E-state index in [1.807, 2.05) is 19.1 Å². The van der Waals surface area contributed by atoms with Gasteiger partial charge >= 0.3 is 0 Å². The second kappa shape index (κ2) is 12.2. The summed E-state index contributed by atoms with van der Waals surface area (Å²) in [4.78, 5) is 26.3. The van der Waals surface area contributed by atoms with Crippen LogP contribution in [0.4, 0.5) is 0 Å². The quantitative estimate of drug-likeness (QED) is 0.476. The third-order valence-corrected chi connectivity index (χ3v) is 7.74. The summed E-state index contributed by atoms with van der Waals surface area (Å²) in [6.45, 7) is 5.85. The number of likely N-dealkylation sites (N-methyl/N-ethyl adjacent to an activating group) is 1. The summed E-state index contributed by atoms with van der Waals surface area (Å²) in [5.41, 5.74) is 1.64. The lowest BCUT2D eigenvalue weighted by Crippen LogP contribution is -2.47. The van der Waals surface area contributed by atoms with Gasteiger partial charge in [-0.05, 0) is 24.6 Å². The number of amides is 2. The maximum atomic E-state index is 12.2. The number of hydrogen-bond acceptors (Lipinski definition) is 7. The number of nitrogens with one attached hydrogen (secondary N) is 3. The molecular formula is C20H26Cl2N4O3S2. The van der Waals surface area contributed by atoms with Crippen LogP contribution in [0, 0.1) is 0 Å². The van der Waals surface area contributed by atoms with Gasteiger partial charge < -0.3 is 20.7 Å². The lowest BCUT2D eigenvalue weighted by molar-refractivity contribution is -0.120. The average molecular weight is 505 g/mol. The van der Waals surface area contributed by atoms with Gasteiger partial charge in [-0.1, -0.05) is 41.0 Å². The van der Waals surface area contributed by atoms with Gasteiger partial charge in [0.15, 0.2) is 0 Å². The van der Waals surface area contributed by atoms with Crippen molar-refractivity contribution in [2.24, 2.45) is 0 Å². The van der Waals surface area contributed by atoms with E-state index in [4.69, 9.17) is 27.9 Å². The largest absolute Gasteiger partial charge is 0.374 e. The number of carbonyl (C=O) groups excluding carboxylic acids is 2. The van der Waals surface area contributed by atoms with Crippen molar-refractivity contribution in [1.29, 1.82) is 0 Å². The van der Waals surface area contributed by atoms with Gasteiger partial charge in [-0.25, -0.2) is 0 Å². The van der Waals surface area contributed by atoms with Gasteiger partial charge in [0.05, 0.1) is 28.5 Å². The van der Waals surface area contributed by atoms with Crippen molar-refractivity contribution in [3.8, 4) is 0 Å². The Bertz CT molecular complexity index is 828. The SMILES string of the molecule is CCNC(=O)C1=CSC(SCC(=O)NC[C@H]2CN(Cc3ccc(Cl)c(Cl)c3)CCO2)N1. The highest BCUT2D eigenvalue weighted by Gasteiger charge is 2.24. The molecule has 1 aromatic rings. The standard InChI is InChI=1S/C20H26Cl2N4O3S2/c1-2-23-19(28)17-11-30-20(25-17)31-12-18(27)24-8-14-10-26(5-6-29-14)9-13-3-4-15(21)16(22)7-13/h3-4,7,11,14,20,25H,2,5-6,8-10,12H2,1H3,(H,23,28)(H,24,27)/t14-,20?/m0/s1. The topological polar surface area (TPSA) is 82.7 Å². The first-order valence-corrected chi connectivity index (χ1v) is 12.8. The van der Waals surface area contributed by atoms with E-state index in [-0.39, 0.29) is 22.6 Å². The van der Waals surface area contributed by atoms with Crippen molar-refractivity contribution in [3.05, 3.63) is 44.9 Å². The van der Waals surface area contributed by atoms with Crippen molar-refractivity contribution in [2.45, 2.75) is 24.3 Å². The molecule has 2 aliphatic heterocycles. The van der Waals surface area contributed by atoms with Crippen molar-refractivity contribution in [2.75, 3.05) is 38.5 Å². The van der Waals surface area contributed by atoms with Gasteiger partial charge in [0.2, 0.25) is 5.91 Å². The molecule has 11 heteroatoms. The number of ether oxygens (including phenoxy) is 1. The molecule has 3 rings (SSSR count). The molecule has 0 bridgehead atoms. The zero-order chi connectivity index (χ0) is 22.2. The van der Waals surface area contributed by atoms with Crippen LogP contribution in [0.1, 0.15) is 12.5 Å². The van der Waals surface area contributed by atoms with Crippen molar-refractivity contribution in [1.82, 2.24) is 20.9 Å². The number of thioether (sulfide) groups is 2. The Morgan fingerprint density at radius 3 is 2.94 bits per heavy atom. The average Bonchev–Trinajstić information content (AvgIpc) is 3.23. The molecule has 2 amide bonds. The molecule has 0 aliphatic carbocycles. The Balaban J connectivity index is 1.34. The molecule has 0 saturated carbocycles. The Morgan fingerprint density at radius 1 is 1.32 bits per heavy atom. The van der Waals surface area contributed by atoms with E-state index in [0.717, 1.165) is 25.2 Å². The highest BCUT2D eigenvalue weighted by Crippen LogP contribution is 2.29. The normalized spacial score (nSPS) is 21.3. The summed E-state index contributed by atoms with van der Waals surface area (Å²) in [5, 5.41) is 11.7. The van der Waals surface area contributed by atoms with Gasteiger partial charge in [-0.2, -0.15) is 0 Å². The third kappa shape index (κ3) is 7.76. The van der Waals surface area contributed by atoms with Crippen molar-refractivity contribution < 1.29 is 14.3 Å². The first-order valence-electron chi connectivity index (χ1n) is 10.0. The molecule has 0 spiro atoms. The van der Waals surface area contributed by atoms with Crippen molar-refractivity contribution >= 4 is 58.5 Å². The smallest absolute Gasteiger partial charge is 0.267 e. The summed E-state index contributed by atoms with van der Waals surface area (Å²) >= 11 is 15.0. The van der Waals surface area contributed by atoms with Crippen LogP contribution in [0.25, 0.3) is 0 Å². The molecule has 1 unspecified atom stereocenters. The molecule has 2 aliphatic rings. The molecule has 2 atom stereocenters. The first kappa shape index (κ1) is 24.5. The fourth-order valence-corrected chi connectivity index (χ4v) is 5.41. The molecule has 1 aromatic carbocycles. The van der Waals surface area contributed by atoms with E-state index in [0.29, 0.717) is 41.2 Å². The van der Waals surface area contributed by atoms with Crippen LogP contribution in [0.2, 0.25) is 10.0 Å². The number of carbonyl (C=O) groups is 2. The fourth-order valence-electron chi connectivity index (χ4n) is 3.15. The van der Waals surface area contributed by atoms with Crippen LogP contribution in [0.5, 0.6) is 0 Å². The van der Waals surface area contributed by atoms with Gasteiger partial charge in [0.25, 0.3) is 5.91 Å². The highest BCUT2D eigenvalue weighted by atomic mass is 35.5. The van der Waals surface area contributed by atoms with E-state index >= 15 is 0 Å². The summed E-state index contributed by atoms with van der Waals surface area (Å²) < 4.78 is 5.76. The number of nitrogens with zero attached hydrogens (tertiary/aromatic N) is 1. The zero-order valence-electron chi connectivity index (χ0n) is 17.2. The molecule has 7 nitrogen and oxygen atoms in total. The molecule has 0 aromatic heterocycles. The van der Waals surface area contributed by atoms with Crippen LogP contribution in [-0.4, -0.2) is 66.1 Å². The molecule has 3 N–H and O–H groups in total. The minimum atomic E-state index is -0.123. The van der Waals surface area contributed by atoms with Crippen LogP contribution < -0.4 is 16.0 Å². The molecule has 31 heavy (non-hydrogen) atoms. The number of benzene rings is 1. The van der Waals surface area contributed by atoms with E-state index < -0.39 is 0 Å². The molecule has 0 radical (unpaired) electrons. The van der Waals surface area contributed by atoms with Crippen LogP contribution >= 0.6 is 46.7 Å². The van der Waals surface area contributed by atoms with Crippen LogP contribution in [0.15, 0.2) is 29.3 Å². The second-order valence-electron chi connectivity index (χ2n) is 7.09. The summed E-state index contributed by atoms with van der Waals surface area (Å²) in [6.07, 6.45) is -0.0598. The van der Waals surface area contributed by atoms with Gasteiger partial charge in [-0.15, -0.1) is 11.8 Å². The summed E-state index contributed by atoms with van der Waals surface area (Å²) in [5.74, 6) is 0.132. The molecule has 170 valence electrons. The molecular weight excluding hydrogens is 479 g/mol. The van der Waals surface area contributed by atoms with E-state index in [9.17, 15) is 9.59 Å². The van der Waals surface area contributed by atoms with Crippen LogP contribution in [0.3, 0.4) is 0 Å². The number of hydrogen-bond donors (Lipinski definition) is 3.